The van der Waals surface area contributed by atoms with Gasteiger partial charge in [0, 0.05) is 38.3 Å². The zero-order valence-electron chi connectivity index (χ0n) is 16.4. The number of carbonyl (C=O) groups excluding carboxylic acids is 1. The van der Waals surface area contributed by atoms with E-state index >= 15 is 0 Å². The molecular weight excluding hydrogens is 341 g/mol. The number of rotatable bonds is 4. The molecule has 1 saturated heterocycles. The van der Waals surface area contributed by atoms with Crippen molar-refractivity contribution < 1.29 is 9.18 Å². The zero-order valence-corrected chi connectivity index (χ0v) is 16.4. The quantitative estimate of drug-likeness (QED) is 0.808. The number of nitrogens with zero attached hydrogens (tertiary/aromatic N) is 2. The molecule has 0 atom stereocenters. The number of benzene rings is 1. The van der Waals surface area contributed by atoms with Crippen molar-refractivity contribution >= 4 is 12.0 Å². The zero-order chi connectivity index (χ0) is 19.5. The third kappa shape index (κ3) is 4.87. The lowest BCUT2D eigenvalue weighted by molar-refractivity contribution is -0.114. The minimum Gasteiger partial charge on any atom is -0.388 e. The predicted octanol–water partition coefficient (Wildman–Crippen LogP) is 4.16. The van der Waals surface area contributed by atoms with Gasteiger partial charge in [0.15, 0.2) is 0 Å². The van der Waals surface area contributed by atoms with Crippen molar-refractivity contribution in [2.24, 2.45) is 16.7 Å². The highest BCUT2D eigenvalue weighted by Crippen LogP contribution is 2.50. The lowest BCUT2D eigenvalue weighted by Crippen LogP contribution is -2.58. The molecule has 5 heteroatoms. The van der Waals surface area contributed by atoms with E-state index in [2.05, 4.69) is 16.3 Å². The van der Waals surface area contributed by atoms with Gasteiger partial charge in [-0.05, 0) is 74.6 Å². The van der Waals surface area contributed by atoms with Crippen LogP contribution >= 0.6 is 0 Å². The van der Waals surface area contributed by atoms with Crippen LogP contribution in [0.15, 0.2) is 18.2 Å². The van der Waals surface area contributed by atoms with Crippen LogP contribution in [0.5, 0.6) is 0 Å². The summed E-state index contributed by atoms with van der Waals surface area (Å²) in [4.78, 5) is 13.2. The molecule has 0 radical (unpaired) electrons. The predicted molar refractivity (Wildman–Crippen MR) is 105 cm³/mol. The number of nitrogens with one attached hydrogen (secondary N) is 1. The number of carbonyl (C=O) groups is 1. The van der Waals surface area contributed by atoms with E-state index in [1.165, 1.54) is 38.1 Å². The maximum Gasteiger partial charge on any atom is 0.125 e. The molecule has 3 fully saturated rings. The molecule has 0 aromatic heterocycles. The fraction of sp³-hybridized carbons (Fsp3) is 0.636. The van der Waals surface area contributed by atoms with Crippen LogP contribution in [0.2, 0.25) is 0 Å². The molecule has 1 N–H and O–H groups in total. The second kappa shape index (κ2) is 7.98. The SMILES string of the molecule is CNc1cc(C)cc(F)c1.N#CC1(CN2CC3(CCC(C=O)CC3)C2)CC1. The van der Waals surface area contributed by atoms with Crippen molar-refractivity contribution in [1.29, 1.82) is 5.26 Å². The van der Waals surface area contributed by atoms with Crippen LogP contribution in [0.25, 0.3) is 0 Å². The molecule has 1 aromatic rings. The van der Waals surface area contributed by atoms with Gasteiger partial charge >= 0.3 is 0 Å². The number of hydrogen-bond acceptors (Lipinski definition) is 4. The lowest BCUT2D eigenvalue weighted by atomic mass is 9.66. The Balaban J connectivity index is 0.000000180. The largest absolute Gasteiger partial charge is 0.388 e. The molecular formula is C22H30FN3O. The van der Waals surface area contributed by atoms with E-state index in [0.29, 0.717) is 11.3 Å². The summed E-state index contributed by atoms with van der Waals surface area (Å²) >= 11 is 0. The standard InChI is InChI=1S/C14H20N2O.C8H10FN/c15-8-13(5-6-13)9-16-10-14(11-16)3-1-12(7-17)2-4-14;1-6-3-7(9)5-8(4-6)10-2/h7,12H,1-6,9-11H2;3-5,10H,1-2H3. The fourth-order valence-electron chi connectivity index (χ4n) is 4.48. The maximum absolute atomic E-state index is 12.6. The van der Waals surface area contributed by atoms with Crippen LogP contribution in [-0.2, 0) is 4.79 Å². The monoisotopic (exact) mass is 371 g/mol. The number of likely N-dealkylation sites (tertiary alicyclic amines) is 1. The Morgan fingerprint density at radius 3 is 2.41 bits per heavy atom. The molecule has 1 aliphatic heterocycles. The molecule has 146 valence electrons. The van der Waals surface area contributed by atoms with E-state index in [9.17, 15) is 9.18 Å². The normalized spacial score (nSPS) is 22.7. The molecule has 1 aromatic carbocycles. The highest BCUT2D eigenvalue weighted by molar-refractivity contribution is 5.53. The van der Waals surface area contributed by atoms with Crippen molar-refractivity contribution in [2.75, 3.05) is 32.0 Å². The topological polar surface area (TPSA) is 56.1 Å². The summed E-state index contributed by atoms with van der Waals surface area (Å²) in [6, 6.07) is 7.33. The third-order valence-corrected chi connectivity index (χ3v) is 6.35. The molecule has 0 amide bonds. The highest BCUT2D eigenvalue weighted by atomic mass is 19.1. The first-order chi connectivity index (χ1) is 12.9. The maximum atomic E-state index is 12.6. The van der Waals surface area contributed by atoms with E-state index < -0.39 is 0 Å². The van der Waals surface area contributed by atoms with Crippen molar-refractivity contribution in [3.63, 3.8) is 0 Å². The van der Waals surface area contributed by atoms with E-state index in [4.69, 9.17) is 5.26 Å². The molecule has 1 heterocycles. The lowest BCUT2D eigenvalue weighted by Gasteiger charge is -2.53. The van der Waals surface area contributed by atoms with Crippen molar-refractivity contribution in [1.82, 2.24) is 4.90 Å². The van der Waals surface area contributed by atoms with Gasteiger partial charge in [-0.2, -0.15) is 5.26 Å². The van der Waals surface area contributed by atoms with E-state index in [-0.39, 0.29) is 11.2 Å². The number of nitriles is 1. The minimum absolute atomic E-state index is 0.0155. The summed E-state index contributed by atoms with van der Waals surface area (Å²) < 4.78 is 12.6. The fourth-order valence-corrected chi connectivity index (χ4v) is 4.48. The highest BCUT2D eigenvalue weighted by Gasteiger charge is 2.51. The van der Waals surface area contributed by atoms with Gasteiger partial charge in [-0.1, -0.05) is 0 Å². The molecule has 3 aliphatic rings. The van der Waals surface area contributed by atoms with Gasteiger partial charge in [-0.15, -0.1) is 0 Å². The number of anilines is 1. The van der Waals surface area contributed by atoms with Gasteiger partial charge in [0.2, 0.25) is 0 Å². The van der Waals surface area contributed by atoms with E-state index in [1.54, 1.807) is 7.05 Å². The molecule has 0 bridgehead atoms. The second-order valence-corrected chi connectivity index (χ2v) is 8.78. The molecule has 0 unspecified atom stereocenters. The third-order valence-electron chi connectivity index (χ3n) is 6.35. The summed E-state index contributed by atoms with van der Waals surface area (Å²) in [5.41, 5.74) is 2.27. The first-order valence-corrected chi connectivity index (χ1v) is 9.95. The van der Waals surface area contributed by atoms with Crippen LogP contribution in [0, 0.1) is 40.8 Å². The second-order valence-electron chi connectivity index (χ2n) is 8.78. The molecule has 4 nitrogen and oxygen atoms in total. The average molecular weight is 372 g/mol. The number of aldehydes is 1. The van der Waals surface area contributed by atoms with Crippen LogP contribution in [0.1, 0.15) is 44.1 Å². The molecule has 4 rings (SSSR count). The Labute approximate surface area is 161 Å². The first kappa shape index (κ1) is 19.8. The molecule has 1 spiro atoms. The van der Waals surface area contributed by atoms with Crippen LogP contribution in [0.3, 0.4) is 0 Å². The molecule has 2 aliphatic carbocycles. The summed E-state index contributed by atoms with van der Waals surface area (Å²) in [6.45, 7) is 5.19. The Hall–Kier alpha value is -1.93. The van der Waals surface area contributed by atoms with E-state index in [1.807, 2.05) is 13.0 Å². The number of hydrogen-bond donors (Lipinski definition) is 1. The van der Waals surface area contributed by atoms with Gasteiger partial charge in [0.25, 0.3) is 0 Å². The van der Waals surface area contributed by atoms with Gasteiger partial charge in [0.05, 0.1) is 11.5 Å². The summed E-state index contributed by atoms with van der Waals surface area (Å²) in [5, 5.41) is 11.9. The van der Waals surface area contributed by atoms with Crippen molar-refractivity contribution in [3.05, 3.63) is 29.6 Å². The summed E-state index contributed by atoms with van der Waals surface area (Å²) in [7, 11) is 1.77. The Morgan fingerprint density at radius 2 is 1.93 bits per heavy atom. The molecule has 27 heavy (non-hydrogen) atoms. The Kier molecular flexibility index (Phi) is 5.86. The van der Waals surface area contributed by atoms with Crippen LogP contribution < -0.4 is 5.32 Å². The van der Waals surface area contributed by atoms with Crippen molar-refractivity contribution in [3.8, 4) is 6.07 Å². The molecule has 2 saturated carbocycles. The van der Waals surface area contributed by atoms with E-state index in [0.717, 1.165) is 49.8 Å². The smallest absolute Gasteiger partial charge is 0.125 e. The van der Waals surface area contributed by atoms with Gasteiger partial charge in [0.1, 0.15) is 12.1 Å². The van der Waals surface area contributed by atoms with Gasteiger partial charge in [-0.25, -0.2) is 4.39 Å². The Bertz CT molecular complexity index is 687. The number of halogens is 1. The summed E-state index contributed by atoms with van der Waals surface area (Å²) in [6.07, 6.45) is 7.93. The van der Waals surface area contributed by atoms with Crippen LogP contribution in [-0.4, -0.2) is 37.9 Å². The van der Waals surface area contributed by atoms with Crippen molar-refractivity contribution in [2.45, 2.75) is 45.4 Å². The van der Waals surface area contributed by atoms with Gasteiger partial charge in [-0.3, -0.25) is 0 Å². The minimum atomic E-state index is -0.190. The average Bonchev–Trinajstić information content (AvgIpc) is 3.41. The Morgan fingerprint density at radius 1 is 1.26 bits per heavy atom. The first-order valence-electron chi connectivity index (χ1n) is 9.95. The van der Waals surface area contributed by atoms with Crippen LogP contribution in [0.4, 0.5) is 10.1 Å². The summed E-state index contributed by atoms with van der Waals surface area (Å²) in [5.74, 6) is 0.132. The van der Waals surface area contributed by atoms with Gasteiger partial charge < -0.3 is 15.0 Å². The number of aryl methyl sites for hydroxylation is 1.